The Hall–Kier alpha value is -1.77. The van der Waals surface area contributed by atoms with Gasteiger partial charge in [0, 0.05) is 32.7 Å². The van der Waals surface area contributed by atoms with Crippen LogP contribution < -0.4 is 14.4 Å². The summed E-state index contributed by atoms with van der Waals surface area (Å²) in [4.78, 5) is 4.23. The van der Waals surface area contributed by atoms with Crippen molar-refractivity contribution in [3.05, 3.63) is 53.8 Å². The quantitative estimate of drug-likeness (QED) is 0.598. The summed E-state index contributed by atoms with van der Waals surface area (Å²) in [7, 11) is 3.19. The lowest BCUT2D eigenvalue weighted by atomic mass is 10.2. The first-order valence-corrected chi connectivity index (χ1v) is 9.79. The molecule has 0 bridgehead atoms. The molecule has 1 aliphatic rings. The Bertz CT molecular complexity index is 792. The molecule has 1 atom stereocenters. The molecule has 1 aliphatic heterocycles. The number of anilines is 1. The van der Waals surface area contributed by atoms with Crippen molar-refractivity contribution < 1.29 is 23.7 Å². The van der Waals surface area contributed by atoms with Gasteiger partial charge in [-0.1, -0.05) is 18.2 Å². The molecule has 0 spiro atoms. The van der Waals surface area contributed by atoms with E-state index < -0.39 is 6.10 Å². The highest BCUT2D eigenvalue weighted by atomic mass is 35.5. The van der Waals surface area contributed by atoms with Crippen molar-refractivity contribution in [2.24, 2.45) is 0 Å². The maximum atomic E-state index is 13.9. The van der Waals surface area contributed by atoms with E-state index in [2.05, 4.69) is 4.90 Å². The van der Waals surface area contributed by atoms with E-state index in [-0.39, 0.29) is 37.2 Å². The van der Waals surface area contributed by atoms with Crippen molar-refractivity contribution in [2.75, 3.05) is 58.5 Å². The highest BCUT2D eigenvalue weighted by Gasteiger charge is 2.21. The molecule has 0 aliphatic carbocycles. The van der Waals surface area contributed by atoms with Gasteiger partial charge in [-0.15, -0.1) is 24.8 Å². The molecule has 0 aromatic heterocycles. The molecular weight excluding hydrogens is 446 g/mol. The Kier molecular flexibility index (Phi) is 12.0. The van der Waals surface area contributed by atoms with E-state index >= 15 is 0 Å². The lowest BCUT2D eigenvalue weighted by Gasteiger charge is -2.37. The lowest BCUT2D eigenvalue weighted by Crippen LogP contribution is -2.49. The third-order valence-corrected chi connectivity index (χ3v) is 5.06. The first-order valence-electron chi connectivity index (χ1n) is 9.79. The van der Waals surface area contributed by atoms with Crippen LogP contribution in [0.3, 0.4) is 0 Å². The third-order valence-electron chi connectivity index (χ3n) is 5.06. The predicted molar refractivity (Wildman–Crippen MR) is 125 cm³/mol. The summed E-state index contributed by atoms with van der Waals surface area (Å²) in [6, 6.07) is 12.5. The van der Waals surface area contributed by atoms with Gasteiger partial charge in [-0.25, -0.2) is 4.39 Å². The van der Waals surface area contributed by atoms with E-state index in [1.54, 1.807) is 20.3 Å². The minimum Gasteiger partial charge on any atom is -0.493 e. The first kappa shape index (κ1) is 27.3. The number of methoxy groups -OCH3 is 2. The number of hydrogen-bond acceptors (Lipinski definition) is 6. The summed E-state index contributed by atoms with van der Waals surface area (Å²) >= 11 is 0. The molecule has 1 fully saturated rings. The molecule has 0 amide bonds. The second-order valence-electron chi connectivity index (χ2n) is 7.10. The van der Waals surface area contributed by atoms with Crippen molar-refractivity contribution in [3.8, 4) is 11.5 Å². The molecule has 1 heterocycles. The summed E-state index contributed by atoms with van der Waals surface area (Å²) in [6.07, 6.45) is -0.574. The summed E-state index contributed by atoms with van der Waals surface area (Å²) < 4.78 is 30.1. The number of halogens is 3. The van der Waals surface area contributed by atoms with Crippen molar-refractivity contribution in [1.29, 1.82) is 0 Å². The first-order chi connectivity index (χ1) is 14.1. The van der Waals surface area contributed by atoms with Crippen LogP contribution in [-0.2, 0) is 11.3 Å². The van der Waals surface area contributed by atoms with Gasteiger partial charge in [0.05, 0.1) is 39.2 Å². The molecule has 3 rings (SSSR count). The number of rotatable bonds is 9. The van der Waals surface area contributed by atoms with Crippen LogP contribution in [0, 0.1) is 5.82 Å². The zero-order valence-electron chi connectivity index (χ0n) is 17.8. The topological polar surface area (TPSA) is 54.4 Å². The summed E-state index contributed by atoms with van der Waals surface area (Å²) in [5, 5.41) is 10.3. The molecule has 1 saturated heterocycles. The molecule has 31 heavy (non-hydrogen) atoms. The van der Waals surface area contributed by atoms with Gasteiger partial charge in [0.25, 0.3) is 0 Å². The SMILES string of the molecule is COc1ccc(COCC(O)CN2CCN(c3ccccc3F)CC2)cc1OC.Cl.Cl. The van der Waals surface area contributed by atoms with Gasteiger partial charge in [-0.05, 0) is 29.8 Å². The van der Waals surface area contributed by atoms with E-state index in [0.717, 1.165) is 31.7 Å². The van der Waals surface area contributed by atoms with E-state index in [1.807, 2.05) is 35.2 Å². The van der Waals surface area contributed by atoms with Crippen molar-refractivity contribution >= 4 is 30.5 Å². The van der Waals surface area contributed by atoms with E-state index in [1.165, 1.54) is 6.07 Å². The van der Waals surface area contributed by atoms with Crippen molar-refractivity contribution in [2.45, 2.75) is 12.7 Å². The number of aliphatic hydroxyl groups is 1. The van der Waals surface area contributed by atoms with Crippen LogP contribution in [0.25, 0.3) is 0 Å². The fraction of sp³-hybridized carbons (Fsp3) is 0.455. The summed E-state index contributed by atoms with van der Waals surface area (Å²) in [5.74, 6) is 1.14. The smallest absolute Gasteiger partial charge is 0.161 e. The van der Waals surface area contributed by atoms with Crippen molar-refractivity contribution in [3.63, 3.8) is 0 Å². The second kappa shape index (κ2) is 13.6. The number of aliphatic hydroxyl groups excluding tert-OH is 1. The molecule has 0 radical (unpaired) electrons. The van der Waals surface area contributed by atoms with Crippen LogP contribution in [0.5, 0.6) is 11.5 Å². The zero-order valence-corrected chi connectivity index (χ0v) is 19.5. The van der Waals surface area contributed by atoms with Gasteiger partial charge in [0.1, 0.15) is 5.82 Å². The number of benzene rings is 2. The van der Waals surface area contributed by atoms with Gasteiger partial charge < -0.3 is 24.2 Å². The fourth-order valence-corrected chi connectivity index (χ4v) is 3.51. The third kappa shape index (κ3) is 7.70. The largest absolute Gasteiger partial charge is 0.493 e. The minimum atomic E-state index is -0.574. The van der Waals surface area contributed by atoms with Crippen molar-refractivity contribution in [1.82, 2.24) is 4.90 Å². The molecule has 1 unspecified atom stereocenters. The Labute approximate surface area is 195 Å². The number of β-amino-alcohol motifs (C(OH)–C–C–N with tert-alkyl or cyclic N) is 1. The molecular formula is C22H31Cl2FN2O4. The van der Waals surface area contributed by atoms with Gasteiger partial charge in [-0.3, -0.25) is 4.90 Å². The number of hydrogen-bond donors (Lipinski definition) is 1. The lowest BCUT2D eigenvalue weighted by molar-refractivity contribution is 0.00907. The van der Waals surface area contributed by atoms with Crippen LogP contribution in [0.1, 0.15) is 5.56 Å². The molecule has 9 heteroatoms. The molecule has 174 valence electrons. The zero-order chi connectivity index (χ0) is 20.6. The average Bonchev–Trinajstić information content (AvgIpc) is 2.74. The minimum absolute atomic E-state index is 0. The Morgan fingerprint density at radius 2 is 1.65 bits per heavy atom. The van der Waals surface area contributed by atoms with E-state index in [0.29, 0.717) is 30.3 Å². The highest BCUT2D eigenvalue weighted by Crippen LogP contribution is 2.27. The monoisotopic (exact) mass is 476 g/mol. The maximum Gasteiger partial charge on any atom is 0.161 e. The Morgan fingerprint density at radius 1 is 0.968 bits per heavy atom. The standard InChI is InChI=1S/C22H29FN2O4.2ClH/c1-27-21-8-7-17(13-22(21)28-2)15-29-16-18(26)14-24-9-11-25(12-10-24)20-6-4-3-5-19(20)23;;/h3-8,13,18,26H,9-12,14-16H2,1-2H3;2*1H. The molecule has 2 aromatic rings. The molecule has 0 saturated carbocycles. The molecule has 2 aromatic carbocycles. The van der Waals surface area contributed by atoms with Gasteiger partial charge in [0.2, 0.25) is 0 Å². The van der Waals surface area contributed by atoms with Gasteiger partial charge in [0.15, 0.2) is 11.5 Å². The number of ether oxygens (including phenoxy) is 3. The van der Waals surface area contributed by atoms with Gasteiger partial charge in [-0.2, -0.15) is 0 Å². The maximum absolute atomic E-state index is 13.9. The summed E-state index contributed by atoms with van der Waals surface area (Å²) in [6.45, 7) is 4.21. The van der Waals surface area contributed by atoms with E-state index in [9.17, 15) is 9.50 Å². The average molecular weight is 477 g/mol. The Morgan fingerprint density at radius 3 is 2.29 bits per heavy atom. The Balaban J connectivity index is 0.00000240. The van der Waals surface area contributed by atoms with Gasteiger partial charge >= 0.3 is 0 Å². The number of para-hydroxylation sites is 1. The van der Waals surface area contributed by atoms with Crippen LogP contribution in [0.4, 0.5) is 10.1 Å². The van der Waals surface area contributed by atoms with E-state index in [4.69, 9.17) is 14.2 Å². The van der Waals surface area contributed by atoms with Crippen LogP contribution in [0.2, 0.25) is 0 Å². The van der Waals surface area contributed by atoms with Crippen LogP contribution >= 0.6 is 24.8 Å². The number of piperazine rings is 1. The normalized spacial score (nSPS) is 14.9. The highest BCUT2D eigenvalue weighted by molar-refractivity contribution is 5.85. The molecule has 6 nitrogen and oxygen atoms in total. The van der Waals surface area contributed by atoms with Crippen LogP contribution in [0.15, 0.2) is 42.5 Å². The molecule has 1 N–H and O–H groups in total. The number of nitrogens with zero attached hydrogens (tertiary/aromatic N) is 2. The second-order valence-corrected chi connectivity index (χ2v) is 7.10. The summed E-state index contributed by atoms with van der Waals surface area (Å²) in [5.41, 5.74) is 1.60. The van der Waals surface area contributed by atoms with Crippen LogP contribution in [-0.4, -0.2) is 69.7 Å². The predicted octanol–water partition coefficient (Wildman–Crippen LogP) is 3.39. The fourth-order valence-electron chi connectivity index (χ4n) is 3.51.